The van der Waals surface area contributed by atoms with Gasteiger partial charge in [-0.1, -0.05) is 33.1 Å². The molecule has 0 N–H and O–H groups in total. The van der Waals surface area contributed by atoms with Crippen LogP contribution in [0.3, 0.4) is 0 Å². The first kappa shape index (κ1) is 14.1. The predicted molar refractivity (Wildman–Crippen MR) is 67.2 cm³/mol. The van der Waals surface area contributed by atoms with Crippen LogP contribution in [0.1, 0.15) is 19.5 Å². The summed E-state index contributed by atoms with van der Waals surface area (Å²) in [7, 11) is 0. The van der Waals surface area contributed by atoms with Crippen molar-refractivity contribution in [1.82, 2.24) is 10.2 Å². The summed E-state index contributed by atoms with van der Waals surface area (Å²) in [5, 5.41) is 7.72. The molecule has 3 heteroatoms. The van der Waals surface area contributed by atoms with Gasteiger partial charge in [0.25, 0.3) is 0 Å². The standard InChI is InChI=1S/C11H12N2O.C2H6/c1-4-6-10(5-2)14-11-8-7-9(3)12-13-11;1-2/h4-8H,1-2H2,3H3;1-2H3/b10-6+;. The van der Waals surface area contributed by atoms with Crippen molar-refractivity contribution in [2.24, 2.45) is 0 Å². The van der Waals surface area contributed by atoms with Crippen molar-refractivity contribution in [2.45, 2.75) is 20.8 Å². The monoisotopic (exact) mass is 218 g/mol. The highest BCUT2D eigenvalue weighted by Gasteiger charge is 1.97. The Bertz CT molecular complexity index is 353. The van der Waals surface area contributed by atoms with Crippen LogP contribution >= 0.6 is 0 Å². The van der Waals surface area contributed by atoms with Crippen molar-refractivity contribution in [3.63, 3.8) is 0 Å². The lowest BCUT2D eigenvalue weighted by Crippen LogP contribution is -1.96. The van der Waals surface area contributed by atoms with E-state index in [2.05, 4.69) is 23.4 Å². The van der Waals surface area contributed by atoms with Gasteiger partial charge in [0.05, 0.1) is 5.69 Å². The SMILES string of the molecule is C=C/C=C(\C=C)Oc1ccc(C)nn1.CC. The second-order valence-electron chi connectivity index (χ2n) is 2.62. The van der Waals surface area contributed by atoms with E-state index in [9.17, 15) is 0 Å². The molecular weight excluding hydrogens is 200 g/mol. The Kier molecular flexibility index (Phi) is 7.41. The van der Waals surface area contributed by atoms with Gasteiger partial charge in [-0.2, -0.15) is 5.10 Å². The van der Waals surface area contributed by atoms with Crippen molar-refractivity contribution in [3.05, 3.63) is 55.0 Å². The highest BCUT2D eigenvalue weighted by molar-refractivity contribution is 5.21. The van der Waals surface area contributed by atoms with Gasteiger partial charge >= 0.3 is 0 Å². The quantitative estimate of drug-likeness (QED) is 0.573. The molecule has 0 aliphatic heterocycles. The molecule has 0 spiro atoms. The highest BCUT2D eigenvalue weighted by atomic mass is 16.5. The average Bonchev–Trinajstić information content (AvgIpc) is 2.34. The molecule has 1 rings (SSSR count). The lowest BCUT2D eigenvalue weighted by Gasteiger charge is -2.03. The molecule has 0 saturated heterocycles. The van der Waals surface area contributed by atoms with E-state index in [1.165, 1.54) is 0 Å². The number of allylic oxidation sites excluding steroid dienone is 3. The minimum atomic E-state index is 0.448. The van der Waals surface area contributed by atoms with Gasteiger partial charge < -0.3 is 4.74 Å². The van der Waals surface area contributed by atoms with Crippen LogP contribution in [0.4, 0.5) is 0 Å². The molecule has 0 atom stereocenters. The van der Waals surface area contributed by atoms with Gasteiger partial charge in [-0.3, -0.25) is 0 Å². The van der Waals surface area contributed by atoms with Gasteiger partial charge in [0.2, 0.25) is 5.88 Å². The van der Waals surface area contributed by atoms with Crippen molar-refractivity contribution >= 4 is 0 Å². The van der Waals surface area contributed by atoms with Gasteiger partial charge in [0.1, 0.15) is 5.76 Å². The smallest absolute Gasteiger partial charge is 0.238 e. The molecule has 0 saturated carbocycles. The molecule has 3 nitrogen and oxygen atoms in total. The molecule has 1 aromatic rings. The fourth-order valence-corrected chi connectivity index (χ4v) is 0.822. The minimum absolute atomic E-state index is 0.448. The average molecular weight is 218 g/mol. The fraction of sp³-hybridized carbons (Fsp3) is 0.231. The first-order valence-corrected chi connectivity index (χ1v) is 5.19. The topological polar surface area (TPSA) is 35.0 Å². The van der Waals surface area contributed by atoms with E-state index in [4.69, 9.17) is 4.74 Å². The van der Waals surface area contributed by atoms with Crippen LogP contribution < -0.4 is 4.74 Å². The van der Waals surface area contributed by atoms with Crippen molar-refractivity contribution < 1.29 is 4.74 Å². The van der Waals surface area contributed by atoms with Gasteiger partial charge in [-0.15, -0.1) is 5.10 Å². The molecule has 0 amide bonds. The Labute approximate surface area is 97.2 Å². The lowest BCUT2D eigenvalue weighted by atomic mass is 10.4. The molecule has 16 heavy (non-hydrogen) atoms. The number of aromatic nitrogens is 2. The lowest BCUT2D eigenvalue weighted by molar-refractivity contribution is 0.420. The van der Waals surface area contributed by atoms with Gasteiger partial charge in [-0.05, 0) is 25.1 Å². The Morgan fingerprint density at radius 2 is 1.94 bits per heavy atom. The van der Waals surface area contributed by atoms with Crippen LogP contribution in [0.2, 0.25) is 0 Å². The number of rotatable bonds is 4. The third-order valence-corrected chi connectivity index (χ3v) is 1.48. The minimum Gasteiger partial charge on any atom is -0.438 e. The zero-order chi connectivity index (χ0) is 12.4. The second kappa shape index (κ2) is 8.41. The normalized spacial score (nSPS) is 9.81. The van der Waals surface area contributed by atoms with Crippen molar-refractivity contribution in [2.75, 3.05) is 0 Å². The van der Waals surface area contributed by atoms with E-state index in [-0.39, 0.29) is 0 Å². The second-order valence-corrected chi connectivity index (χ2v) is 2.62. The Hall–Kier alpha value is -1.90. The van der Waals surface area contributed by atoms with Crippen molar-refractivity contribution in [3.8, 4) is 5.88 Å². The summed E-state index contributed by atoms with van der Waals surface area (Å²) in [6, 6.07) is 3.58. The number of aryl methyl sites for hydroxylation is 1. The van der Waals surface area contributed by atoms with Gasteiger partial charge in [0.15, 0.2) is 0 Å². The van der Waals surface area contributed by atoms with Crippen LogP contribution in [0.25, 0.3) is 0 Å². The molecule has 0 aromatic carbocycles. The van der Waals surface area contributed by atoms with Crippen LogP contribution in [0, 0.1) is 6.92 Å². The van der Waals surface area contributed by atoms with E-state index in [0.29, 0.717) is 11.6 Å². The number of hydrogen-bond acceptors (Lipinski definition) is 3. The third-order valence-electron chi connectivity index (χ3n) is 1.48. The van der Waals surface area contributed by atoms with Crippen molar-refractivity contribution in [1.29, 1.82) is 0 Å². The summed E-state index contributed by atoms with van der Waals surface area (Å²) in [4.78, 5) is 0. The molecule has 1 aromatic heterocycles. The number of hydrogen-bond donors (Lipinski definition) is 0. The number of nitrogens with zero attached hydrogens (tertiary/aromatic N) is 2. The molecule has 0 unspecified atom stereocenters. The molecule has 0 aliphatic carbocycles. The zero-order valence-corrected chi connectivity index (χ0v) is 10.1. The third kappa shape index (κ3) is 5.10. The van der Waals surface area contributed by atoms with Crippen LogP contribution in [-0.4, -0.2) is 10.2 Å². The molecule has 0 radical (unpaired) electrons. The summed E-state index contributed by atoms with van der Waals surface area (Å²) in [5.41, 5.74) is 0.852. The van der Waals surface area contributed by atoms with Crippen LogP contribution in [0.5, 0.6) is 5.88 Å². The number of ether oxygens (including phenoxy) is 1. The first-order chi connectivity index (χ1) is 7.76. The summed E-state index contributed by atoms with van der Waals surface area (Å²) in [6.45, 7) is 13.0. The van der Waals surface area contributed by atoms with Gasteiger partial charge in [0, 0.05) is 6.07 Å². The summed E-state index contributed by atoms with van der Waals surface area (Å²) < 4.78 is 5.36. The maximum absolute atomic E-state index is 5.36. The molecule has 0 aliphatic rings. The van der Waals surface area contributed by atoms with E-state index in [1.807, 2.05) is 26.8 Å². The summed E-state index contributed by atoms with van der Waals surface area (Å²) >= 11 is 0. The van der Waals surface area contributed by atoms with E-state index < -0.39 is 0 Å². The molecule has 1 heterocycles. The molecular formula is C13H18N2O. The molecule has 0 fully saturated rings. The maximum Gasteiger partial charge on any atom is 0.238 e. The Morgan fingerprint density at radius 1 is 1.25 bits per heavy atom. The zero-order valence-electron chi connectivity index (χ0n) is 10.1. The first-order valence-electron chi connectivity index (χ1n) is 5.19. The summed E-state index contributed by atoms with van der Waals surface area (Å²) in [6.07, 6.45) is 4.91. The predicted octanol–water partition coefficient (Wildman–Crippen LogP) is 3.45. The summed E-state index contributed by atoms with van der Waals surface area (Å²) in [5.74, 6) is 1.04. The van der Waals surface area contributed by atoms with Crippen LogP contribution in [0.15, 0.2) is 49.3 Å². The Balaban J connectivity index is 0.00000106. The largest absolute Gasteiger partial charge is 0.438 e. The van der Waals surface area contributed by atoms with Crippen LogP contribution in [-0.2, 0) is 0 Å². The maximum atomic E-state index is 5.36. The fourth-order valence-electron chi connectivity index (χ4n) is 0.822. The van der Waals surface area contributed by atoms with E-state index in [1.54, 1.807) is 24.3 Å². The van der Waals surface area contributed by atoms with E-state index in [0.717, 1.165) is 5.69 Å². The Morgan fingerprint density at radius 3 is 2.38 bits per heavy atom. The molecule has 0 bridgehead atoms. The van der Waals surface area contributed by atoms with E-state index >= 15 is 0 Å². The van der Waals surface area contributed by atoms with Gasteiger partial charge in [-0.25, -0.2) is 0 Å². The highest BCUT2D eigenvalue weighted by Crippen LogP contribution is 2.09. The molecule has 86 valence electrons.